The van der Waals surface area contributed by atoms with Crippen LogP contribution < -0.4 is 0 Å². The van der Waals surface area contributed by atoms with Crippen molar-refractivity contribution in [3.05, 3.63) is 48.2 Å². The number of benzene rings is 1. The van der Waals surface area contributed by atoms with Gasteiger partial charge in [-0.3, -0.25) is 4.79 Å². The molecule has 0 aromatic heterocycles. The zero-order chi connectivity index (χ0) is 11.6. The van der Waals surface area contributed by atoms with Crippen LogP contribution in [0.25, 0.3) is 0 Å². The molecule has 0 aliphatic carbocycles. The molecular weight excluding hydrogens is 200 g/mol. The molecular formula is C14H18O2. The fourth-order valence-electron chi connectivity index (χ4n) is 1.30. The van der Waals surface area contributed by atoms with E-state index in [2.05, 4.69) is 6.92 Å². The van der Waals surface area contributed by atoms with Gasteiger partial charge < -0.3 is 4.74 Å². The van der Waals surface area contributed by atoms with Crippen LogP contribution >= 0.6 is 0 Å². The Labute approximate surface area is 96.9 Å². The van der Waals surface area contributed by atoms with Crippen LogP contribution in [-0.2, 0) is 16.0 Å². The van der Waals surface area contributed by atoms with E-state index in [0.717, 1.165) is 19.3 Å². The SMILES string of the molecule is CCCCC(=O)O/C=C/Cc1ccccc1. The first-order valence-corrected chi connectivity index (χ1v) is 5.71. The Kier molecular flexibility index (Phi) is 6.00. The van der Waals surface area contributed by atoms with E-state index in [9.17, 15) is 4.79 Å². The Bertz CT molecular complexity index is 328. The van der Waals surface area contributed by atoms with Gasteiger partial charge in [-0.1, -0.05) is 43.7 Å². The van der Waals surface area contributed by atoms with Crippen LogP contribution in [0.2, 0.25) is 0 Å². The fourth-order valence-corrected chi connectivity index (χ4v) is 1.30. The van der Waals surface area contributed by atoms with Crippen molar-refractivity contribution in [1.82, 2.24) is 0 Å². The fraction of sp³-hybridized carbons (Fsp3) is 0.357. The zero-order valence-corrected chi connectivity index (χ0v) is 9.69. The highest BCUT2D eigenvalue weighted by Gasteiger charge is 1.97. The van der Waals surface area contributed by atoms with Crippen LogP contribution in [0, 0.1) is 0 Å². The van der Waals surface area contributed by atoms with Gasteiger partial charge in [0.05, 0.1) is 6.26 Å². The molecule has 1 aromatic carbocycles. The van der Waals surface area contributed by atoms with E-state index in [1.165, 1.54) is 11.8 Å². The first-order chi connectivity index (χ1) is 7.83. The Balaban J connectivity index is 2.20. The lowest BCUT2D eigenvalue weighted by molar-refractivity contribution is -0.138. The van der Waals surface area contributed by atoms with E-state index in [4.69, 9.17) is 4.74 Å². The maximum Gasteiger partial charge on any atom is 0.310 e. The standard InChI is InChI=1S/C14H18O2/c1-2-3-11-14(15)16-12-7-10-13-8-5-4-6-9-13/h4-9,12H,2-3,10-11H2,1H3/b12-7+. The minimum absolute atomic E-state index is 0.147. The molecule has 1 aromatic rings. The number of ether oxygens (including phenoxy) is 1. The van der Waals surface area contributed by atoms with Crippen LogP contribution in [-0.4, -0.2) is 5.97 Å². The van der Waals surface area contributed by atoms with Gasteiger partial charge in [0.15, 0.2) is 0 Å². The number of carbonyl (C=O) groups excluding carboxylic acids is 1. The molecule has 0 aliphatic rings. The second kappa shape index (κ2) is 7.69. The van der Waals surface area contributed by atoms with Gasteiger partial charge in [-0.15, -0.1) is 0 Å². The highest BCUT2D eigenvalue weighted by atomic mass is 16.5. The summed E-state index contributed by atoms with van der Waals surface area (Å²) in [5.41, 5.74) is 1.21. The molecule has 86 valence electrons. The minimum Gasteiger partial charge on any atom is -0.435 e. The quantitative estimate of drug-likeness (QED) is 0.539. The topological polar surface area (TPSA) is 26.3 Å². The lowest BCUT2D eigenvalue weighted by atomic mass is 10.2. The van der Waals surface area contributed by atoms with Crippen molar-refractivity contribution in [1.29, 1.82) is 0 Å². The van der Waals surface area contributed by atoms with E-state index in [0.29, 0.717) is 6.42 Å². The molecule has 0 bridgehead atoms. The first-order valence-electron chi connectivity index (χ1n) is 5.71. The summed E-state index contributed by atoms with van der Waals surface area (Å²) < 4.78 is 4.95. The second-order valence-electron chi connectivity index (χ2n) is 3.65. The van der Waals surface area contributed by atoms with Crippen molar-refractivity contribution in [3.63, 3.8) is 0 Å². The Morgan fingerprint density at radius 2 is 2.06 bits per heavy atom. The summed E-state index contributed by atoms with van der Waals surface area (Å²) in [4.78, 5) is 11.1. The van der Waals surface area contributed by atoms with Crippen molar-refractivity contribution >= 4 is 5.97 Å². The maximum absolute atomic E-state index is 11.1. The average Bonchev–Trinajstić information content (AvgIpc) is 2.33. The third-order valence-electron chi connectivity index (χ3n) is 2.23. The molecule has 0 atom stereocenters. The van der Waals surface area contributed by atoms with E-state index in [1.807, 2.05) is 36.4 Å². The van der Waals surface area contributed by atoms with Crippen molar-refractivity contribution in [2.75, 3.05) is 0 Å². The van der Waals surface area contributed by atoms with Gasteiger partial charge in [0.2, 0.25) is 0 Å². The zero-order valence-electron chi connectivity index (χ0n) is 9.69. The molecule has 0 N–H and O–H groups in total. The molecule has 0 aliphatic heterocycles. The Morgan fingerprint density at radius 1 is 1.31 bits per heavy atom. The van der Waals surface area contributed by atoms with Crippen LogP contribution in [0.1, 0.15) is 31.7 Å². The van der Waals surface area contributed by atoms with Crippen LogP contribution in [0.15, 0.2) is 42.7 Å². The lowest BCUT2D eigenvalue weighted by Crippen LogP contribution is -1.98. The smallest absolute Gasteiger partial charge is 0.310 e. The summed E-state index contributed by atoms with van der Waals surface area (Å²) in [6.07, 6.45) is 6.56. The molecule has 0 unspecified atom stereocenters. The molecule has 0 heterocycles. The highest BCUT2D eigenvalue weighted by Crippen LogP contribution is 2.01. The number of esters is 1. The van der Waals surface area contributed by atoms with E-state index >= 15 is 0 Å². The van der Waals surface area contributed by atoms with E-state index in [1.54, 1.807) is 0 Å². The number of allylic oxidation sites excluding steroid dienone is 1. The summed E-state index contributed by atoms with van der Waals surface area (Å²) in [5.74, 6) is -0.147. The lowest BCUT2D eigenvalue weighted by Gasteiger charge is -1.97. The number of hydrogen-bond donors (Lipinski definition) is 0. The number of hydrogen-bond acceptors (Lipinski definition) is 2. The van der Waals surface area contributed by atoms with Gasteiger partial charge in [0.25, 0.3) is 0 Å². The molecule has 0 amide bonds. The summed E-state index contributed by atoms with van der Waals surface area (Å²) in [5, 5.41) is 0. The van der Waals surface area contributed by atoms with Gasteiger partial charge in [-0.2, -0.15) is 0 Å². The average molecular weight is 218 g/mol. The summed E-state index contributed by atoms with van der Waals surface area (Å²) in [6.45, 7) is 2.05. The molecule has 0 saturated heterocycles. The van der Waals surface area contributed by atoms with Crippen molar-refractivity contribution in [2.24, 2.45) is 0 Å². The van der Waals surface area contributed by atoms with Gasteiger partial charge in [0.1, 0.15) is 0 Å². The van der Waals surface area contributed by atoms with Crippen LogP contribution in [0.3, 0.4) is 0 Å². The predicted octanol–water partition coefficient (Wildman–Crippen LogP) is 3.48. The Morgan fingerprint density at radius 3 is 2.75 bits per heavy atom. The summed E-state index contributed by atoms with van der Waals surface area (Å²) >= 11 is 0. The third-order valence-corrected chi connectivity index (χ3v) is 2.23. The van der Waals surface area contributed by atoms with Gasteiger partial charge in [-0.25, -0.2) is 0 Å². The number of unbranched alkanes of at least 4 members (excludes halogenated alkanes) is 1. The minimum atomic E-state index is -0.147. The van der Waals surface area contributed by atoms with Crippen molar-refractivity contribution in [2.45, 2.75) is 32.6 Å². The molecule has 1 rings (SSSR count). The van der Waals surface area contributed by atoms with Crippen LogP contribution in [0.5, 0.6) is 0 Å². The molecule has 0 spiro atoms. The predicted molar refractivity (Wildman–Crippen MR) is 64.9 cm³/mol. The molecule has 0 radical (unpaired) electrons. The van der Waals surface area contributed by atoms with E-state index in [-0.39, 0.29) is 5.97 Å². The molecule has 0 fully saturated rings. The van der Waals surface area contributed by atoms with Gasteiger partial charge in [-0.05, 0) is 24.5 Å². The second-order valence-corrected chi connectivity index (χ2v) is 3.65. The summed E-state index contributed by atoms with van der Waals surface area (Å²) in [7, 11) is 0. The molecule has 16 heavy (non-hydrogen) atoms. The van der Waals surface area contributed by atoms with Gasteiger partial charge >= 0.3 is 5.97 Å². The monoisotopic (exact) mass is 218 g/mol. The van der Waals surface area contributed by atoms with E-state index < -0.39 is 0 Å². The molecule has 0 saturated carbocycles. The molecule has 2 heteroatoms. The first kappa shape index (κ1) is 12.5. The number of rotatable bonds is 6. The van der Waals surface area contributed by atoms with Crippen molar-refractivity contribution in [3.8, 4) is 0 Å². The Hall–Kier alpha value is -1.57. The number of carbonyl (C=O) groups is 1. The van der Waals surface area contributed by atoms with Crippen molar-refractivity contribution < 1.29 is 9.53 Å². The maximum atomic E-state index is 11.1. The third kappa shape index (κ3) is 5.35. The highest BCUT2D eigenvalue weighted by molar-refractivity contribution is 5.69. The van der Waals surface area contributed by atoms with Gasteiger partial charge in [0, 0.05) is 6.42 Å². The summed E-state index contributed by atoms with van der Waals surface area (Å²) in [6, 6.07) is 10.1. The molecule has 2 nitrogen and oxygen atoms in total. The largest absolute Gasteiger partial charge is 0.435 e. The normalized spacial score (nSPS) is 10.6. The van der Waals surface area contributed by atoms with Crippen LogP contribution in [0.4, 0.5) is 0 Å².